The number of azo groups is 1. The van der Waals surface area contributed by atoms with Gasteiger partial charge < -0.3 is 0 Å². The molecular weight excluding hydrogens is 112 g/mol. The Bertz CT molecular complexity index is 183. The van der Waals surface area contributed by atoms with E-state index in [0.717, 1.165) is 11.8 Å². The quantitative estimate of drug-likeness (QED) is 0.432. The van der Waals surface area contributed by atoms with Crippen LogP contribution in [0.4, 0.5) is 0 Å². The van der Waals surface area contributed by atoms with Crippen LogP contribution in [0.2, 0.25) is 0 Å². The van der Waals surface area contributed by atoms with E-state index < -0.39 is 0 Å². The number of hydrogen-bond donors (Lipinski definition) is 0. The summed E-state index contributed by atoms with van der Waals surface area (Å²) >= 11 is 0. The highest BCUT2D eigenvalue weighted by atomic mass is 15.3. The lowest BCUT2D eigenvalue weighted by Crippen LogP contribution is -2.33. The first kappa shape index (κ1) is 4.20. The van der Waals surface area contributed by atoms with Crippen LogP contribution in [0, 0.1) is 11.8 Å². The van der Waals surface area contributed by atoms with Crippen molar-refractivity contribution in [1.82, 2.24) is 0 Å². The van der Waals surface area contributed by atoms with Crippen molar-refractivity contribution in [2.24, 2.45) is 22.1 Å². The zero-order chi connectivity index (χ0) is 5.84. The van der Waals surface area contributed by atoms with Crippen LogP contribution in [-0.4, -0.2) is 12.1 Å². The number of rotatable bonds is 0. The van der Waals surface area contributed by atoms with Crippen molar-refractivity contribution in [2.45, 2.75) is 18.5 Å². The van der Waals surface area contributed by atoms with Crippen molar-refractivity contribution < 1.29 is 0 Å². The number of nitrogens with zero attached hydrogens (tertiary/aromatic N) is 2. The SMILES string of the molecule is C1=C[C@H]2C[C@H]1[C@H]1N=N[C@@H]12. The topological polar surface area (TPSA) is 24.7 Å². The Morgan fingerprint density at radius 3 is 1.89 bits per heavy atom. The van der Waals surface area contributed by atoms with Crippen LogP contribution < -0.4 is 0 Å². The van der Waals surface area contributed by atoms with Crippen LogP contribution in [0.1, 0.15) is 6.42 Å². The highest BCUT2D eigenvalue weighted by Gasteiger charge is 2.49. The van der Waals surface area contributed by atoms with E-state index in [1.807, 2.05) is 0 Å². The van der Waals surface area contributed by atoms with Gasteiger partial charge >= 0.3 is 0 Å². The largest absolute Gasteiger partial charge is 0.187 e. The molecule has 1 saturated carbocycles. The molecule has 2 nitrogen and oxygen atoms in total. The van der Waals surface area contributed by atoms with Crippen molar-refractivity contribution in [3.8, 4) is 0 Å². The molecule has 0 saturated heterocycles. The molecule has 0 aromatic carbocycles. The third kappa shape index (κ3) is 0.326. The molecule has 1 heterocycles. The normalized spacial score (nSPS) is 57.8. The van der Waals surface area contributed by atoms with Crippen molar-refractivity contribution in [2.75, 3.05) is 0 Å². The number of hydrogen-bond acceptors (Lipinski definition) is 2. The maximum Gasteiger partial charge on any atom is 0.102 e. The first-order chi connectivity index (χ1) is 4.45. The Kier molecular flexibility index (Phi) is 0.516. The van der Waals surface area contributed by atoms with E-state index in [9.17, 15) is 0 Å². The van der Waals surface area contributed by atoms with Gasteiger partial charge in [-0.05, 0) is 6.42 Å². The average Bonchev–Trinajstić information content (AvgIpc) is 2.18. The van der Waals surface area contributed by atoms with Gasteiger partial charge in [-0.25, -0.2) is 0 Å². The molecule has 4 atom stereocenters. The molecule has 1 aliphatic heterocycles. The van der Waals surface area contributed by atoms with Crippen LogP contribution in [0.3, 0.4) is 0 Å². The van der Waals surface area contributed by atoms with Gasteiger partial charge in [-0.2, -0.15) is 10.2 Å². The molecule has 0 spiro atoms. The Morgan fingerprint density at radius 2 is 1.56 bits per heavy atom. The van der Waals surface area contributed by atoms with E-state index in [1.54, 1.807) is 0 Å². The molecule has 2 aliphatic carbocycles. The second-order valence-electron chi connectivity index (χ2n) is 3.16. The summed E-state index contributed by atoms with van der Waals surface area (Å²) < 4.78 is 0. The molecule has 1 fully saturated rings. The Morgan fingerprint density at radius 1 is 1.00 bits per heavy atom. The molecule has 0 aromatic rings. The average molecular weight is 120 g/mol. The van der Waals surface area contributed by atoms with Crippen molar-refractivity contribution in [3.05, 3.63) is 12.2 Å². The van der Waals surface area contributed by atoms with Crippen LogP contribution in [-0.2, 0) is 0 Å². The highest BCUT2D eigenvalue weighted by molar-refractivity contribution is 5.21. The van der Waals surface area contributed by atoms with Crippen LogP contribution in [0.15, 0.2) is 22.4 Å². The van der Waals surface area contributed by atoms with Gasteiger partial charge in [0.25, 0.3) is 0 Å². The first-order valence-electron chi connectivity index (χ1n) is 3.53. The van der Waals surface area contributed by atoms with Gasteiger partial charge in [0.05, 0.1) is 0 Å². The predicted octanol–water partition coefficient (Wildman–Crippen LogP) is 1.40. The van der Waals surface area contributed by atoms with Crippen molar-refractivity contribution in [3.63, 3.8) is 0 Å². The van der Waals surface area contributed by atoms with E-state index in [-0.39, 0.29) is 0 Å². The van der Waals surface area contributed by atoms with Gasteiger partial charge in [0, 0.05) is 11.8 Å². The van der Waals surface area contributed by atoms with Gasteiger partial charge in [0.1, 0.15) is 12.1 Å². The molecule has 0 N–H and O–H groups in total. The van der Waals surface area contributed by atoms with Gasteiger partial charge in [0.15, 0.2) is 0 Å². The van der Waals surface area contributed by atoms with E-state index in [2.05, 4.69) is 22.4 Å². The third-order valence-corrected chi connectivity index (χ3v) is 2.71. The maximum atomic E-state index is 4.09. The molecule has 3 aliphatic rings. The fourth-order valence-corrected chi connectivity index (χ4v) is 2.16. The van der Waals surface area contributed by atoms with Crippen molar-refractivity contribution in [1.29, 1.82) is 0 Å². The lowest BCUT2D eigenvalue weighted by molar-refractivity contribution is 0.379. The van der Waals surface area contributed by atoms with E-state index >= 15 is 0 Å². The summed E-state index contributed by atoms with van der Waals surface area (Å²) in [6.07, 6.45) is 5.94. The van der Waals surface area contributed by atoms with E-state index in [1.165, 1.54) is 6.42 Å². The summed E-state index contributed by atoms with van der Waals surface area (Å²) in [6.45, 7) is 0. The standard InChI is InChI=1S/C7H8N2/c1-2-5-3-4(1)6-7(5)9-8-6/h1-2,4-7H,3H2/t4-,5-,6+,7+/m0/s1. The predicted molar refractivity (Wildman–Crippen MR) is 33.2 cm³/mol. The fourth-order valence-electron chi connectivity index (χ4n) is 2.16. The molecule has 0 radical (unpaired) electrons. The summed E-state index contributed by atoms with van der Waals surface area (Å²) in [6, 6.07) is 1.19. The molecule has 3 rings (SSSR count). The van der Waals surface area contributed by atoms with Crippen LogP contribution in [0.25, 0.3) is 0 Å². The molecule has 0 unspecified atom stereocenters. The van der Waals surface area contributed by atoms with Gasteiger partial charge in [-0.1, -0.05) is 12.2 Å². The second-order valence-corrected chi connectivity index (χ2v) is 3.16. The molecule has 9 heavy (non-hydrogen) atoms. The summed E-state index contributed by atoms with van der Waals surface area (Å²) in [5.74, 6) is 1.52. The molecular formula is C7H8N2. The van der Waals surface area contributed by atoms with E-state index in [0.29, 0.717) is 12.1 Å². The molecule has 0 aromatic heterocycles. The third-order valence-electron chi connectivity index (χ3n) is 2.71. The minimum atomic E-state index is 0.597. The first-order valence-corrected chi connectivity index (χ1v) is 3.53. The monoisotopic (exact) mass is 120 g/mol. The van der Waals surface area contributed by atoms with Gasteiger partial charge in [0.2, 0.25) is 0 Å². The number of fused-ring (bicyclic) bond motifs is 5. The van der Waals surface area contributed by atoms with Crippen LogP contribution in [0.5, 0.6) is 0 Å². The minimum Gasteiger partial charge on any atom is -0.187 e. The summed E-state index contributed by atoms with van der Waals surface area (Å²) in [5, 5.41) is 8.17. The summed E-state index contributed by atoms with van der Waals surface area (Å²) in [4.78, 5) is 0. The smallest absolute Gasteiger partial charge is 0.102 e. The second kappa shape index (κ2) is 1.11. The Balaban J connectivity index is 2.10. The van der Waals surface area contributed by atoms with Gasteiger partial charge in [-0.15, -0.1) is 0 Å². The lowest BCUT2D eigenvalue weighted by atomic mass is 9.95. The van der Waals surface area contributed by atoms with Gasteiger partial charge in [-0.3, -0.25) is 0 Å². The Labute approximate surface area is 53.7 Å². The Hall–Kier alpha value is -0.660. The van der Waals surface area contributed by atoms with Crippen LogP contribution >= 0.6 is 0 Å². The maximum absolute atomic E-state index is 4.09. The minimum absolute atomic E-state index is 0.597. The zero-order valence-electron chi connectivity index (χ0n) is 5.07. The highest BCUT2D eigenvalue weighted by Crippen LogP contribution is 2.47. The summed E-state index contributed by atoms with van der Waals surface area (Å²) in [7, 11) is 0. The summed E-state index contributed by atoms with van der Waals surface area (Å²) in [5.41, 5.74) is 0. The molecule has 0 amide bonds. The fraction of sp³-hybridized carbons (Fsp3) is 0.714. The molecule has 2 bridgehead atoms. The lowest BCUT2D eigenvalue weighted by Gasteiger charge is -2.26. The van der Waals surface area contributed by atoms with E-state index in [4.69, 9.17) is 0 Å². The molecule has 2 heteroatoms. The molecule has 46 valence electrons. The van der Waals surface area contributed by atoms with Crippen molar-refractivity contribution >= 4 is 0 Å². The zero-order valence-corrected chi connectivity index (χ0v) is 5.07.